The number of nitrogens with two attached hydrogens (primary N) is 1. The van der Waals surface area contributed by atoms with Gasteiger partial charge in [-0.05, 0) is 37.8 Å². The number of aliphatic hydroxyl groups excluding tert-OH is 1. The van der Waals surface area contributed by atoms with Crippen molar-refractivity contribution >= 4 is 23.6 Å². The van der Waals surface area contributed by atoms with Crippen molar-refractivity contribution in [2.75, 3.05) is 14.2 Å². The number of hydrogen-bond acceptors (Lipinski definition) is 8. The molecular formula is C29H40N2O8. The van der Waals surface area contributed by atoms with Crippen molar-refractivity contribution in [3.8, 4) is 0 Å². The van der Waals surface area contributed by atoms with E-state index in [9.17, 15) is 24.3 Å². The van der Waals surface area contributed by atoms with Crippen molar-refractivity contribution in [3.63, 3.8) is 0 Å². The lowest BCUT2D eigenvalue weighted by Crippen LogP contribution is -2.40. The van der Waals surface area contributed by atoms with Gasteiger partial charge in [0.05, 0.1) is 24.0 Å². The lowest BCUT2D eigenvalue weighted by molar-refractivity contribution is -0.120. The molecule has 10 heteroatoms. The van der Waals surface area contributed by atoms with Crippen LogP contribution >= 0.6 is 0 Å². The smallest absolute Gasteiger partial charge is 0.405 e. The number of Topliss-reactive ketones (excluding diaryl/α,β-unsaturated/α-hetero) is 1. The van der Waals surface area contributed by atoms with E-state index in [0.29, 0.717) is 6.42 Å². The molecule has 0 saturated heterocycles. The minimum atomic E-state index is -1.29. The predicted molar refractivity (Wildman–Crippen MR) is 145 cm³/mol. The molecule has 0 fully saturated rings. The molecule has 39 heavy (non-hydrogen) atoms. The molecule has 2 amide bonds. The quantitative estimate of drug-likeness (QED) is 0.362. The number of carbonyl (C=O) groups is 4. The number of methoxy groups -OCH3 is 2. The second-order valence-corrected chi connectivity index (χ2v) is 10.2. The Morgan fingerprint density at radius 3 is 2.31 bits per heavy atom. The van der Waals surface area contributed by atoms with Gasteiger partial charge in [-0.3, -0.25) is 14.4 Å². The van der Waals surface area contributed by atoms with Crippen LogP contribution in [0.25, 0.3) is 0 Å². The highest BCUT2D eigenvalue weighted by atomic mass is 16.6. The Hall–Kier alpha value is -3.34. The lowest BCUT2D eigenvalue weighted by Gasteiger charge is -2.33. The molecule has 0 aromatic carbocycles. The lowest BCUT2D eigenvalue weighted by atomic mass is 9.84. The van der Waals surface area contributed by atoms with Crippen LogP contribution in [-0.4, -0.2) is 67.3 Å². The van der Waals surface area contributed by atoms with Gasteiger partial charge in [0.25, 0.3) is 5.91 Å². The summed E-state index contributed by atoms with van der Waals surface area (Å²) in [5.41, 5.74) is 6.05. The molecule has 0 aromatic heterocycles. The highest BCUT2D eigenvalue weighted by Gasteiger charge is 2.35. The number of primary amides is 1. The zero-order valence-electron chi connectivity index (χ0n) is 23.6. The number of ether oxygens (including phenoxy) is 3. The van der Waals surface area contributed by atoms with Gasteiger partial charge >= 0.3 is 6.09 Å². The fraction of sp³-hybridized carbons (Fsp3) is 0.517. The van der Waals surface area contributed by atoms with Gasteiger partial charge in [-0.2, -0.15) is 0 Å². The Kier molecular flexibility index (Phi) is 11.6. The summed E-state index contributed by atoms with van der Waals surface area (Å²) < 4.78 is 16.9. The molecule has 0 unspecified atom stereocenters. The molecule has 0 radical (unpaired) electrons. The molecular weight excluding hydrogens is 504 g/mol. The number of ketones is 2. The summed E-state index contributed by atoms with van der Waals surface area (Å²) >= 11 is 0. The highest BCUT2D eigenvalue weighted by Crippen LogP contribution is 2.29. The number of aliphatic hydroxyl groups is 1. The van der Waals surface area contributed by atoms with E-state index in [1.165, 1.54) is 13.2 Å². The van der Waals surface area contributed by atoms with Gasteiger partial charge in [-0.15, -0.1) is 0 Å². The predicted octanol–water partition coefficient (Wildman–Crippen LogP) is 2.68. The molecule has 0 aromatic rings. The summed E-state index contributed by atoms with van der Waals surface area (Å²) in [4.78, 5) is 49.9. The Balaban J connectivity index is 2.59. The largest absolute Gasteiger partial charge is 0.441 e. The zero-order valence-corrected chi connectivity index (χ0v) is 23.6. The average Bonchev–Trinajstić information content (AvgIpc) is 2.87. The summed E-state index contributed by atoms with van der Waals surface area (Å²) in [5, 5.41) is 13.6. The number of fused-ring (bicyclic) bond motifs is 2. The first-order chi connectivity index (χ1) is 18.3. The molecule has 1 aliphatic carbocycles. The molecule has 10 nitrogen and oxygen atoms in total. The molecule has 0 saturated carbocycles. The average molecular weight is 545 g/mol. The van der Waals surface area contributed by atoms with Gasteiger partial charge in [0, 0.05) is 43.3 Å². The van der Waals surface area contributed by atoms with E-state index in [4.69, 9.17) is 19.9 Å². The van der Waals surface area contributed by atoms with Crippen LogP contribution in [0.2, 0.25) is 0 Å². The van der Waals surface area contributed by atoms with E-state index >= 15 is 0 Å². The van der Waals surface area contributed by atoms with E-state index in [-0.39, 0.29) is 28.7 Å². The highest BCUT2D eigenvalue weighted by molar-refractivity contribution is 6.22. The number of allylic oxidation sites excluding steroid dienone is 5. The summed E-state index contributed by atoms with van der Waals surface area (Å²) in [6.07, 6.45) is 5.45. The van der Waals surface area contributed by atoms with Gasteiger partial charge in [0.1, 0.15) is 6.10 Å². The maximum Gasteiger partial charge on any atom is 0.405 e. The van der Waals surface area contributed by atoms with Gasteiger partial charge < -0.3 is 30.4 Å². The van der Waals surface area contributed by atoms with Crippen LogP contribution < -0.4 is 11.1 Å². The van der Waals surface area contributed by atoms with Crippen LogP contribution in [0.5, 0.6) is 0 Å². The van der Waals surface area contributed by atoms with Crippen LogP contribution in [0, 0.1) is 17.8 Å². The number of carbonyl (C=O) groups excluding carboxylic acids is 4. The van der Waals surface area contributed by atoms with Gasteiger partial charge in [-0.25, -0.2) is 4.79 Å². The molecule has 2 aliphatic rings. The first-order valence-corrected chi connectivity index (χ1v) is 12.9. The number of amides is 2. The molecule has 214 valence electrons. The molecule has 0 spiro atoms. The van der Waals surface area contributed by atoms with Crippen molar-refractivity contribution in [2.45, 2.75) is 65.5 Å². The van der Waals surface area contributed by atoms with Crippen LogP contribution in [0.15, 0.2) is 58.9 Å². The zero-order chi connectivity index (χ0) is 29.4. The Labute approximate surface area is 229 Å². The summed E-state index contributed by atoms with van der Waals surface area (Å²) in [7, 11) is 3.08. The fourth-order valence-corrected chi connectivity index (χ4v) is 4.92. The first-order valence-electron chi connectivity index (χ1n) is 12.9. The van der Waals surface area contributed by atoms with E-state index in [1.54, 1.807) is 33.1 Å². The van der Waals surface area contributed by atoms with Gasteiger partial charge in [-0.1, -0.05) is 45.1 Å². The minimum absolute atomic E-state index is 0.0994. The number of hydrogen-bond donors (Lipinski definition) is 3. The molecule has 1 aliphatic heterocycles. The van der Waals surface area contributed by atoms with Crippen molar-refractivity contribution in [1.82, 2.24) is 5.32 Å². The van der Waals surface area contributed by atoms with Crippen molar-refractivity contribution in [3.05, 3.63) is 58.9 Å². The minimum Gasteiger partial charge on any atom is -0.441 e. The van der Waals surface area contributed by atoms with Crippen LogP contribution in [0.1, 0.15) is 41.0 Å². The molecule has 1 heterocycles. The maximum absolute atomic E-state index is 13.1. The third kappa shape index (κ3) is 8.32. The van der Waals surface area contributed by atoms with E-state index < -0.39 is 53.9 Å². The van der Waals surface area contributed by atoms with Gasteiger partial charge in [0.15, 0.2) is 5.78 Å². The molecule has 7 atom stereocenters. The topological polar surface area (TPSA) is 154 Å². The van der Waals surface area contributed by atoms with Crippen LogP contribution in [0.4, 0.5) is 4.79 Å². The Morgan fingerprint density at radius 2 is 1.72 bits per heavy atom. The van der Waals surface area contributed by atoms with E-state index in [2.05, 4.69) is 5.32 Å². The number of nitrogens with one attached hydrogen (secondary N) is 1. The molecule has 2 rings (SSSR count). The summed E-state index contributed by atoms with van der Waals surface area (Å²) in [5.74, 6) is -2.76. The van der Waals surface area contributed by atoms with Crippen LogP contribution in [0.3, 0.4) is 0 Å². The van der Waals surface area contributed by atoms with E-state index in [0.717, 1.165) is 17.7 Å². The first kappa shape index (κ1) is 31.9. The molecule has 2 bridgehead atoms. The second-order valence-electron chi connectivity index (χ2n) is 10.2. The maximum atomic E-state index is 13.1. The van der Waals surface area contributed by atoms with Crippen molar-refractivity contribution in [1.29, 1.82) is 0 Å². The Bertz CT molecular complexity index is 1120. The van der Waals surface area contributed by atoms with Gasteiger partial charge in [0.2, 0.25) is 5.78 Å². The van der Waals surface area contributed by atoms with Crippen molar-refractivity contribution in [2.24, 2.45) is 23.5 Å². The second kappa shape index (κ2) is 14.2. The fourth-order valence-electron chi connectivity index (χ4n) is 4.92. The Morgan fingerprint density at radius 1 is 1.05 bits per heavy atom. The third-order valence-electron chi connectivity index (χ3n) is 7.07. The third-order valence-corrected chi connectivity index (χ3v) is 7.07. The monoisotopic (exact) mass is 544 g/mol. The van der Waals surface area contributed by atoms with Crippen LogP contribution in [-0.2, 0) is 28.6 Å². The number of rotatable bonds is 3. The SMILES string of the molecule is CO[C@H]1[C@@H](OC)C[C@H](C)[C@@H](O)C2=CC(=O)C=C(NC(=O)/C(C)=C/C=C\[C@H](C)[C@@H](OC(N)=O)/C(C)=C/[C@@H]1C)C2=O. The standard InChI is InChI=1S/C29H40N2O8/c1-15-9-8-10-16(2)28(35)31-22-14-20(32)13-21(25(22)34)24(33)17(3)12-23(37-6)27(38-7)19(5)11-18(4)26(15)39-29(30)36/h8-11,13-15,17,19,23-24,26-27,33H,12H2,1-7H3,(H2,30,36)(H,31,35)/b9-8-,16-10+,18-11+/t15-,17-,19-,23-,24+,26+,27+/m0/s1. The molecule has 4 N–H and O–H groups in total. The summed E-state index contributed by atoms with van der Waals surface area (Å²) in [6.45, 7) is 8.90. The van der Waals surface area contributed by atoms with E-state index in [1.807, 2.05) is 26.8 Å². The van der Waals surface area contributed by atoms with Crippen molar-refractivity contribution < 1.29 is 38.5 Å². The normalized spacial score (nSPS) is 35.0. The summed E-state index contributed by atoms with van der Waals surface area (Å²) in [6, 6.07) is 0.